The van der Waals surface area contributed by atoms with Crippen LogP contribution in [0.5, 0.6) is 17.2 Å². The average molecular weight is 490 g/mol. The number of Topliss-reactive ketones (excluding diaryl/α,β-unsaturated/α-hetero) is 1. The van der Waals surface area contributed by atoms with Crippen molar-refractivity contribution in [3.05, 3.63) is 40.1 Å². The summed E-state index contributed by atoms with van der Waals surface area (Å²) in [5.41, 5.74) is -0.758. The van der Waals surface area contributed by atoms with Gasteiger partial charge in [0.05, 0.1) is 14.2 Å². The van der Waals surface area contributed by atoms with Gasteiger partial charge in [-0.2, -0.15) is 4.98 Å². The highest BCUT2D eigenvalue weighted by molar-refractivity contribution is 6.36. The molecule has 9 nitrogen and oxygen atoms in total. The number of hydrogen-bond acceptors (Lipinski definition) is 9. The molecule has 1 aromatic heterocycles. The van der Waals surface area contributed by atoms with E-state index in [-0.39, 0.29) is 28.0 Å². The topological polar surface area (TPSA) is 113 Å². The predicted molar refractivity (Wildman–Crippen MR) is 124 cm³/mol. The van der Waals surface area contributed by atoms with Crippen LogP contribution in [0.4, 0.5) is 0 Å². The van der Waals surface area contributed by atoms with Gasteiger partial charge in [-0.1, -0.05) is 37.5 Å². The van der Waals surface area contributed by atoms with Gasteiger partial charge in [0.15, 0.2) is 11.6 Å². The number of hydrogen-bond donors (Lipinski definition) is 1. The molecule has 4 rings (SSSR count). The first-order valence-corrected chi connectivity index (χ1v) is 11.6. The summed E-state index contributed by atoms with van der Waals surface area (Å²) >= 11 is 6.41. The third-order valence-corrected chi connectivity index (χ3v) is 6.59. The second-order valence-corrected chi connectivity index (χ2v) is 9.21. The summed E-state index contributed by atoms with van der Waals surface area (Å²) in [6, 6.07) is 1.52. The van der Waals surface area contributed by atoms with Gasteiger partial charge in [-0.15, -0.1) is 0 Å². The van der Waals surface area contributed by atoms with Crippen LogP contribution in [0.25, 0.3) is 0 Å². The molecule has 0 bridgehead atoms. The molecule has 0 amide bonds. The zero-order valence-electron chi connectivity index (χ0n) is 19.9. The number of aryl methyl sites for hydroxylation is 1. The van der Waals surface area contributed by atoms with Gasteiger partial charge in [-0.05, 0) is 12.8 Å². The number of methoxy groups -OCH3 is 2. The van der Waals surface area contributed by atoms with Gasteiger partial charge < -0.3 is 24.1 Å². The SMILES string of the molecule is COc1cc(OC)c2c(c1Cl)OC1(C(=O)C=C(NCCCc3nc(C(C)C)no3)CC1C)C2=O. The Balaban J connectivity index is 1.47. The zero-order valence-corrected chi connectivity index (χ0v) is 20.6. The number of fused-ring (bicyclic) bond motifs is 1. The number of nitrogens with zero attached hydrogens (tertiary/aromatic N) is 2. The van der Waals surface area contributed by atoms with Gasteiger partial charge >= 0.3 is 0 Å². The molecule has 0 saturated heterocycles. The largest absolute Gasteiger partial charge is 0.496 e. The molecule has 34 heavy (non-hydrogen) atoms. The number of ketones is 2. The summed E-state index contributed by atoms with van der Waals surface area (Å²) < 4.78 is 22.0. The quantitative estimate of drug-likeness (QED) is 0.435. The molecule has 0 radical (unpaired) electrons. The molecule has 1 spiro atoms. The number of aromatic nitrogens is 2. The van der Waals surface area contributed by atoms with Crippen LogP contribution in [0, 0.1) is 5.92 Å². The van der Waals surface area contributed by atoms with E-state index in [9.17, 15) is 9.59 Å². The Labute approximate surface area is 202 Å². The van der Waals surface area contributed by atoms with E-state index in [1.54, 1.807) is 0 Å². The van der Waals surface area contributed by atoms with E-state index in [1.165, 1.54) is 26.4 Å². The van der Waals surface area contributed by atoms with E-state index in [0.717, 1.165) is 12.1 Å². The normalized spacial score (nSPS) is 21.5. The first kappa shape index (κ1) is 24.1. The lowest BCUT2D eigenvalue weighted by Crippen LogP contribution is -2.55. The summed E-state index contributed by atoms with van der Waals surface area (Å²) in [5.74, 6) is 0.877. The van der Waals surface area contributed by atoms with Gasteiger partial charge in [0, 0.05) is 42.6 Å². The van der Waals surface area contributed by atoms with E-state index < -0.39 is 23.1 Å². The molecule has 2 heterocycles. The highest BCUT2D eigenvalue weighted by atomic mass is 35.5. The van der Waals surface area contributed by atoms with Crippen molar-refractivity contribution in [3.63, 3.8) is 0 Å². The molecule has 1 aliphatic heterocycles. The maximum absolute atomic E-state index is 13.5. The lowest BCUT2D eigenvalue weighted by atomic mass is 9.74. The lowest BCUT2D eigenvalue weighted by molar-refractivity contribution is -0.129. The number of halogens is 1. The summed E-state index contributed by atoms with van der Waals surface area (Å²) in [5, 5.41) is 7.39. The lowest BCUT2D eigenvalue weighted by Gasteiger charge is -2.35. The van der Waals surface area contributed by atoms with Crippen LogP contribution < -0.4 is 19.5 Å². The van der Waals surface area contributed by atoms with Crippen LogP contribution in [0.15, 0.2) is 22.4 Å². The molecule has 2 aliphatic rings. The van der Waals surface area contributed by atoms with Crippen LogP contribution in [-0.2, 0) is 11.2 Å². The molecule has 2 atom stereocenters. The highest BCUT2D eigenvalue weighted by Gasteiger charge is 2.60. The smallest absolute Gasteiger partial charge is 0.236 e. The zero-order chi connectivity index (χ0) is 24.6. The van der Waals surface area contributed by atoms with Gasteiger partial charge in [-0.25, -0.2) is 0 Å². The fraction of sp³-hybridized carbons (Fsp3) is 0.500. The number of ether oxygens (including phenoxy) is 3. The van der Waals surface area contributed by atoms with Gasteiger partial charge in [0.25, 0.3) is 0 Å². The third-order valence-electron chi connectivity index (χ3n) is 6.23. The molecule has 1 aromatic carbocycles. The Kier molecular flexibility index (Phi) is 6.58. The van der Waals surface area contributed by atoms with Gasteiger partial charge in [0.2, 0.25) is 23.1 Å². The van der Waals surface area contributed by atoms with Crippen LogP contribution in [-0.4, -0.2) is 48.1 Å². The Bertz CT molecular complexity index is 1160. The summed E-state index contributed by atoms with van der Waals surface area (Å²) in [7, 11) is 2.89. The van der Waals surface area contributed by atoms with Crippen molar-refractivity contribution in [1.82, 2.24) is 15.5 Å². The van der Waals surface area contributed by atoms with E-state index in [1.807, 2.05) is 20.8 Å². The second kappa shape index (κ2) is 9.29. The summed E-state index contributed by atoms with van der Waals surface area (Å²) in [4.78, 5) is 31.2. The molecule has 2 unspecified atom stereocenters. The monoisotopic (exact) mass is 489 g/mol. The molecular formula is C24H28ClN3O6. The number of rotatable bonds is 8. The van der Waals surface area contributed by atoms with Crippen molar-refractivity contribution < 1.29 is 28.3 Å². The van der Waals surface area contributed by atoms with Gasteiger partial charge in [-0.3, -0.25) is 9.59 Å². The maximum Gasteiger partial charge on any atom is 0.236 e. The molecule has 10 heteroatoms. The fourth-order valence-electron chi connectivity index (χ4n) is 4.34. The van der Waals surface area contributed by atoms with Gasteiger partial charge in [0.1, 0.15) is 22.1 Å². The van der Waals surface area contributed by atoms with Crippen LogP contribution in [0.2, 0.25) is 5.02 Å². The van der Waals surface area contributed by atoms with Crippen molar-refractivity contribution in [2.24, 2.45) is 5.92 Å². The Morgan fingerprint density at radius 2 is 2.00 bits per heavy atom. The first-order valence-electron chi connectivity index (χ1n) is 11.2. The van der Waals surface area contributed by atoms with Crippen LogP contribution in [0.1, 0.15) is 61.6 Å². The summed E-state index contributed by atoms with van der Waals surface area (Å²) in [6.07, 6.45) is 3.29. The minimum atomic E-state index is -1.67. The Hall–Kier alpha value is -3.07. The van der Waals surface area contributed by atoms with E-state index in [2.05, 4.69) is 15.5 Å². The van der Waals surface area contributed by atoms with Crippen molar-refractivity contribution in [3.8, 4) is 17.2 Å². The van der Waals surface area contributed by atoms with Crippen molar-refractivity contribution in [1.29, 1.82) is 0 Å². The molecule has 0 fully saturated rings. The first-order chi connectivity index (χ1) is 16.2. The minimum absolute atomic E-state index is 0.119. The number of nitrogens with one attached hydrogen (secondary N) is 1. The van der Waals surface area contributed by atoms with Crippen LogP contribution >= 0.6 is 11.6 Å². The molecule has 2 aromatic rings. The number of carbonyl (C=O) groups excluding carboxylic acids is 2. The number of carbonyl (C=O) groups is 2. The van der Waals surface area contributed by atoms with Crippen LogP contribution in [0.3, 0.4) is 0 Å². The maximum atomic E-state index is 13.5. The van der Waals surface area contributed by atoms with Crippen molar-refractivity contribution in [2.45, 2.75) is 51.6 Å². The Morgan fingerprint density at radius 3 is 2.62 bits per heavy atom. The minimum Gasteiger partial charge on any atom is -0.496 e. The fourth-order valence-corrected chi connectivity index (χ4v) is 4.61. The highest BCUT2D eigenvalue weighted by Crippen LogP contribution is 2.52. The molecule has 1 N–H and O–H groups in total. The number of allylic oxidation sites excluding steroid dienone is 1. The average Bonchev–Trinajstić information content (AvgIpc) is 3.40. The van der Waals surface area contributed by atoms with E-state index in [0.29, 0.717) is 36.9 Å². The van der Waals surface area contributed by atoms with Crippen molar-refractivity contribution in [2.75, 3.05) is 20.8 Å². The molecular weight excluding hydrogens is 462 g/mol. The standard InChI is InChI=1S/C24H28ClN3O6/c1-12(2)23-27-18(34-28-23)7-6-8-26-14-9-13(3)24(17(29)10-14)22(30)19-15(31-4)11-16(32-5)20(25)21(19)33-24/h10-13,26H,6-9H2,1-5H3. The van der Waals surface area contributed by atoms with E-state index in [4.69, 9.17) is 30.3 Å². The van der Waals surface area contributed by atoms with E-state index >= 15 is 0 Å². The number of benzene rings is 1. The Morgan fingerprint density at radius 1 is 1.26 bits per heavy atom. The molecule has 182 valence electrons. The third kappa shape index (κ3) is 3.91. The summed E-state index contributed by atoms with van der Waals surface area (Å²) in [6.45, 7) is 6.45. The predicted octanol–water partition coefficient (Wildman–Crippen LogP) is 3.89. The second-order valence-electron chi connectivity index (χ2n) is 8.84. The molecule has 1 aliphatic carbocycles. The molecule has 0 saturated carbocycles. The van der Waals surface area contributed by atoms with Crippen molar-refractivity contribution >= 4 is 23.2 Å².